The van der Waals surface area contributed by atoms with Gasteiger partial charge in [-0.3, -0.25) is 4.79 Å². The van der Waals surface area contributed by atoms with Crippen LogP contribution in [0.25, 0.3) is 0 Å². The van der Waals surface area contributed by atoms with Gasteiger partial charge in [0.15, 0.2) is 5.69 Å². The van der Waals surface area contributed by atoms with E-state index in [1.807, 2.05) is 0 Å². The molecule has 1 amide bonds. The predicted octanol–water partition coefficient (Wildman–Crippen LogP) is 1.83. The van der Waals surface area contributed by atoms with Crippen LogP contribution < -0.4 is 10.6 Å². The van der Waals surface area contributed by atoms with Crippen molar-refractivity contribution in [1.29, 1.82) is 0 Å². The molecule has 1 aliphatic carbocycles. The van der Waals surface area contributed by atoms with Gasteiger partial charge < -0.3 is 10.6 Å². The Morgan fingerprint density at radius 1 is 1.44 bits per heavy atom. The first-order chi connectivity index (χ1) is 8.53. The SMILES string of the molecule is CCCNc1ccc(C(=O)NC2CC2(C)C)nn1. The smallest absolute Gasteiger partial charge is 0.272 e. The van der Waals surface area contributed by atoms with Gasteiger partial charge in [-0.05, 0) is 30.4 Å². The Kier molecular flexibility index (Phi) is 3.50. The van der Waals surface area contributed by atoms with Gasteiger partial charge in [-0.2, -0.15) is 0 Å². The first-order valence-electron chi connectivity index (χ1n) is 6.41. The van der Waals surface area contributed by atoms with Crippen LogP contribution in [0.4, 0.5) is 5.82 Å². The Bertz CT molecular complexity index is 427. The van der Waals surface area contributed by atoms with E-state index >= 15 is 0 Å². The summed E-state index contributed by atoms with van der Waals surface area (Å²) in [6.45, 7) is 7.22. The minimum Gasteiger partial charge on any atom is -0.369 e. The molecule has 0 bridgehead atoms. The fraction of sp³-hybridized carbons (Fsp3) is 0.615. The number of carbonyl (C=O) groups is 1. The van der Waals surface area contributed by atoms with Crippen LogP contribution in [0, 0.1) is 5.41 Å². The van der Waals surface area contributed by atoms with Crippen LogP contribution in [0.2, 0.25) is 0 Å². The summed E-state index contributed by atoms with van der Waals surface area (Å²) in [7, 11) is 0. The number of aromatic nitrogens is 2. The zero-order valence-electron chi connectivity index (χ0n) is 11.2. The van der Waals surface area contributed by atoms with Crippen LogP contribution in [0.15, 0.2) is 12.1 Å². The molecule has 0 radical (unpaired) electrons. The molecule has 2 rings (SSSR count). The number of hydrogen-bond acceptors (Lipinski definition) is 4. The van der Waals surface area contributed by atoms with Crippen LogP contribution >= 0.6 is 0 Å². The monoisotopic (exact) mass is 248 g/mol. The van der Waals surface area contributed by atoms with Crippen molar-refractivity contribution >= 4 is 11.7 Å². The van der Waals surface area contributed by atoms with Gasteiger partial charge in [0.1, 0.15) is 5.82 Å². The molecule has 5 heteroatoms. The second-order valence-electron chi connectivity index (χ2n) is 5.45. The Hall–Kier alpha value is -1.65. The molecule has 0 aromatic carbocycles. The lowest BCUT2D eigenvalue weighted by Gasteiger charge is -2.06. The van der Waals surface area contributed by atoms with E-state index in [0.29, 0.717) is 11.5 Å². The van der Waals surface area contributed by atoms with Crippen LogP contribution in [0.3, 0.4) is 0 Å². The number of hydrogen-bond donors (Lipinski definition) is 2. The summed E-state index contributed by atoms with van der Waals surface area (Å²) < 4.78 is 0. The number of rotatable bonds is 5. The summed E-state index contributed by atoms with van der Waals surface area (Å²) in [5, 5.41) is 14.0. The van der Waals surface area contributed by atoms with E-state index in [1.54, 1.807) is 12.1 Å². The zero-order chi connectivity index (χ0) is 13.2. The molecule has 5 nitrogen and oxygen atoms in total. The van der Waals surface area contributed by atoms with Crippen molar-refractivity contribution in [3.8, 4) is 0 Å². The first-order valence-corrected chi connectivity index (χ1v) is 6.41. The Morgan fingerprint density at radius 3 is 2.67 bits per heavy atom. The summed E-state index contributed by atoms with van der Waals surface area (Å²) in [6, 6.07) is 3.76. The molecule has 1 aliphatic rings. The second-order valence-corrected chi connectivity index (χ2v) is 5.45. The number of carbonyl (C=O) groups excluding carboxylic acids is 1. The van der Waals surface area contributed by atoms with Crippen LogP contribution in [-0.2, 0) is 0 Å². The van der Waals surface area contributed by atoms with Crippen molar-refractivity contribution in [3.05, 3.63) is 17.8 Å². The average molecular weight is 248 g/mol. The fourth-order valence-corrected chi connectivity index (χ4v) is 1.75. The molecule has 0 spiro atoms. The van der Waals surface area contributed by atoms with Crippen molar-refractivity contribution in [3.63, 3.8) is 0 Å². The maximum Gasteiger partial charge on any atom is 0.272 e. The average Bonchev–Trinajstić information content (AvgIpc) is 2.94. The van der Waals surface area contributed by atoms with E-state index in [1.165, 1.54) is 0 Å². The quantitative estimate of drug-likeness (QED) is 0.834. The summed E-state index contributed by atoms with van der Waals surface area (Å²) in [5.74, 6) is 0.570. The molecule has 1 saturated carbocycles. The molecule has 1 aromatic heterocycles. The third-order valence-electron chi connectivity index (χ3n) is 3.27. The molecule has 0 aliphatic heterocycles. The van der Waals surface area contributed by atoms with Gasteiger partial charge in [0.2, 0.25) is 0 Å². The highest BCUT2D eigenvalue weighted by molar-refractivity contribution is 5.92. The molecule has 1 heterocycles. The molecule has 0 saturated heterocycles. The van der Waals surface area contributed by atoms with Gasteiger partial charge in [0.05, 0.1) is 0 Å². The van der Waals surface area contributed by atoms with E-state index in [9.17, 15) is 4.79 Å². The minimum atomic E-state index is -0.139. The van der Waals surface area contributed by atoms with Gasteiger partial charge >= 0.3 is 0 Å². The van der Waals surface area contributed by atoms with E-state index in [0.717, 1.165) is 19.4 Å². The maximum atomic E-state index is 11.9. The standard InChI is InChI=1S/C13H20N4O/c1-4-7-14-11-6-5-9(16-17-11)12(18)15-10-8-13(10,2)3/h5-6,10H,4,7-8H2,1-3H3,(H,14,17)(H,15,18). The number of amides is 1. The molecule has 18 heavy (non-hydrogen) atoms. The highest BCUT2D eigenvalue weighted by Gasteiger charge is 2.46. The summed E-state index contributed by atoms with van der Waals surface area (Å²) in [4.78, 5) is 11.9. The zero-order valence-corrected chi connectivity index (χ0v) is 11.2. The van der Waals surface area contributed by atoms with Crippen molar-refractivity contribution in [2.75, 3.05) is 11.9 Å². The van der Waals surface area contributed by atoms with Crippen LogP contribution in [-0.4, -0.2) is 28.7 Å². The van der Waals surface area contributed by atoms with Crippen LogP contribution in [0.1, 0.15) is 44.1 Å². The van der Waals surface area contributed by atoms with Gasteiger partial charge in [-0.15, -0.1) is 10.2 Å². The predicted molar refractivity (Wildman–Crippen MR) is 70.5 cm³/mol. The Labute approximate surface area is 107 Å². The topological polar surface area (TPSA) is 66.9 Å². The third kappa shape index (κ3) is 2.97. The number of nitrogens with one attached hydrogen (secondary N) is 2. The second kappa shape index (κ2) is 4.92. The highest BCUT2D eigenvalue weighted by atomic mass is 16.2. The summed E-state index contributed by atoms with van der Waals surface area (Å²) in [5.41, 5.74) is 0.603. The van der Waals surface area contributed by atoms with Crippen molar-refractivity contribution < 1.29 is 4.79 Å². The van der Waals surface area contributed by atoms with E-state index in [2.05, 4.69) is 41.6 Å². The molecular formula is C13H20N4O. The normalized spacial score (nSPS) is 20.3. The molecule has 98 valence electrons. The van der Waals surface area contributed by atoms with E-state index < -0.39 is 0 Å². The summed E-state index contributed by atoms with van der Waals surface area (Å²) in [6.07, 6.45) is 2.06. The molecule has 1 fully saturated rings. The fourth-order valence-electron chi connectivity index (χ4n) is 1.75. The van der Waals surface area contributed by atoms with Crippen molar-refractivity contribution in [2.24, 2.45) is 5.41 Å². The third-order valence-corrected chi connectivity index (χ3v) is 3.27. The lowest BCUT2D eigenvalue weighted by molar-refractivity contribution is 0.0940. The number of anilines is 1. The largest absolute Gasteiger partial charge is 0.369 e. The van der Waals surface area contributed by atoms with Gasteiger partial charge in [-0.25, -0.2) is 0 Å². The van der Waals surface area contributed by atoms with Gasteiger partial charge in [0.25, 0.3) is 5.91 Å². The van der Waals surface area contributed by atoms with Gasteiger partial charge in [0, 0.05) is 12.6 Å². The lowest BCUT2D eigenvalue weighted by Crippen LogP contribution is -2.29. The summed E-state index contributed by atoms with van der Waals surface area (Å²) >= 11 is 0. The van der Waals surface area contributed by atoms with E-state index in [-0.39, 0.29) is 17.4 Å². The van der Waals surface area contributed by atoms with Gasteiger partial charge in [-0.1, -0.05) is 20.8 Å². The molecular weight excluding hydrogens is 228 g/mol. The molecule has 1 aromatic rings. The Morgan fingerprint density at radius 2 is 2.17 bits per heavy atom. The Balaban J connectivity index is 1.91. The van der Waals surface area contributed by atoms with Crippen molar-refractivity contribution in [2.45, 2.75) is 39.7 Å². The maximum absolute atomic E-state index is 11.9. The van der Waals surface area contributed by atoms with Crippen LogP contribution in [0.5, 0.6) is 0 Å². The first kappa shape index (κ1) is 12.8. The highest BCUT2D eigenvalue weighted by Crippen LogP contribution is 2.44. The van der Waals surface area contributed by atoms with Crippen molar-refractivity contribution in [1.82, 2.24) is 15.5 Å². The lowest BCUT2D eigenvalue weighted by atomic mass is 10.2. The minimum absolute atomic E-state index is 0.139. The molecule has 2 N–H and O–H groups in total. The van der Waals surface area contributed by atoms with E-state index in [4.69, 9.17) is 0 Å². The molecule has 1 atom stereocenters. The molecule has 1 unspecified atom stereocenters. The number of nitrogens with zero attached hydrogens (tertiary/aromatic N) is 2.